The first-order valence-electron chi connectivity index (χ1n) is 3.13. The lowest BCUT2D eigenvalue weighted by Crippen LogP contribution is -2.17. The van der Waals surface area contributed by atoms with Gasteiger partial charge in [-0.2, -0.15) is 0 Å². The van der Waals surface area contributed by atoms with Gasteiger partial charge in [-0.25, -0.2) is 0 Å². The molecule has 0 fully saturated rings. The highest BCUT2D eigenvalue weighted by Crippen LogP contribution is 2.26. The number of likely N-dealkylation sites (N-methyl/N-ethyl adjacent to an activating group) is 1. The Labute approximate surface area is 78.0 Å². The monoisotopic (exact) mass is 233 g/mol. The summed E-state index contributed by atoms with van der Waals surface area (Å²) in [5.41, 5.74) is 0. The lowest BCUT2D eigenvalue weighted by atomic mass is 10.5. The van der Waals surface area contributed by atoms with Gasteiger partial charge in [-0.05, 0) is 22.0 Å². The van der Waals surface area contributed by atoms with Crippen LogP contribution in [0.1, 0.15) is 0 Å². The van der Waals surface area contributed by atoms with Crippen LogP contribution in [0.4, 0.5) is 5.00 Å². The van der Waals surface area contributed by atoms with Crippen LogP contribution < -0.4 is 4.90 Å². The minimum Gasteiger partial charge on any atom is -0.359 e. The molecule has 60 valence electrons. The van der Waals surface area contributed by atoms with Gasteiger partial charge in [0.1, 0.15) is 6.29 Å². The summed E-state index contributed by atoms with van der Waals surface area (Å²) in [4.78, 5) is 12.1. The summed E-state index contributed by atoms with van der Waals surface area (Å²) in [6.45, 7) is 0.451. The third-order valence-electron chi connectivity index (χ3n) is 1.28. The molecule has 0 saturated heterocycles. The molecule has 1 aromatic rings. The fraction of sp³-hybridized carbons (Fsp3) is 0.286. The number of nitrogens with zero attached hydrogens (tertiary/aromatic N) is 1. The van der Waals surface area contributed by atoms with Crippen molar-refractivity contribution in [1.29, 1.82) is 0 Å². The van der Waals surface area contributed by atoms with Crippen molar-refractivity contribution < 1.29 is 4.79 Å². The molecule has 0 unspecified atom stereocenters. The van der Waals surface area contributed by atoms with Gasteiger partial charge >= 0.3 is 0 Å². The number of anilines is 1. The quantitative estimate of drug-likeness (QED) is 0.747. The molecule has 1 rings (SSSR count). The van der Waals surface area contributed by atoms with E-state index in [0.717, 1.165) is 15.8 Å². The Morgan fingerprint density at radius 2 is 2.55 bits per heavy atom. The number of rotatable bonds is 3. The van der Waals surface area contributed by atoms with Gasteiger partial charge in [0.15, 0.2) is 0 Å². The molecule has 11 heavy (non-hydrogen) atoms. The van der Waals surface area contributed by atoms with Crippen molar-refractivity contribution in [2.24, 2.45) is 0 Å². The second kappa shape index (κ2) is 3.88. The van der Waals surface area contributed by atoms with E-state index >= 15 is 0 Å². The summed E-state index contributed by atoms with van der Waals surface area (Å²) >= 11 is 4.96. The van der Waals surface area contributed by atoms with Crippen LogP contribution in [0.3, 0.4) is 0 Å². The molecule has 0 aliphatic carbocycles. The topological polar surface area (TPSA) is 20.3 Å². The molecular weight excluding hydrogens is 226 g/mol. The lowest BCUT2D eigenvalue weighted by Gasteiger charge is -2.11. The van der Waals surface area contributed by atoms with E-state index in [2.05, 4.69) is 15.9 Å². The van der Waals surface area contributed by atoms with Gasteiger partial charge in [-0.1, -0.05) is 0 Å². The Balaban J connectivity index is 2.67. The SMILES string of the molecule is CN(CC=O)c1cc(Br)cs1. The van der Waals surface area contributed by atoms with Crippen LogP contribution in [0, 0.1) is 0 Å². The molecule has 0 spiro atoms. The normalized spacial score (nSPS) is 9.64. The van der Waals surface area contributed by atoms with Gasteiger partial charge < -0.3 is 9.69 Å². The zero-order chi connectivity index (χ0) is 8.27. The smallest absolute Gasteiger partial charge is 0.139 e. The Morgan fingerprint density at radius 3 is 3.00 bits per heavy atom. The average molecular weight is 234 g/mol. The van der Waals surface area contributed by atoms with Crippen LogP contribution in [-0.2, 0) is 4.79 Å². The molecule has 0 saturated carbocycles. The summed E-state index contributed by atoms with van der Waals surface area (Å²) in [7, 11) is 1.90. The van der Waals surface area contributed by atoms with Crippen molar-refractivity contribution in [3.63, 3.8) is 0 Å². The highest BCUT2D eigenvalue weighted by atomic mass is 79.9. The van der Waals surface area contributed by atoms with Gasteiger partial charge in [0.25, 0.3) is 0 Å². The van der Waals surface area contributed by atoms with E-state index < -0.39 is 0 Å². The van der Waals surface area contributed by atoms with Crippen molar-refractivity contribution in [3.8, 4) is 0 Å². The van der Waals surface area contributed by atoms with Crippen molar-refractivity contribution in [2.75, 3.05) is 18.5 Å². The molecule has 0 aromatic carbocycles. The number of carbonyl (C=O) groups excluding carboxylic acids is 1. The first-order chi connectivity index (χ1) is 5.24. The molecule has 4 heteroatoms. The van der Waals surface area contributed by atoms with E-state index in [1.165, 1.54) is 0 Å². The van der Waals surface area contributed by atoms with E-state index in [-0.39, 0.29) is 0 Å². The molecule has 2 nitrogen and oxygen atoms in total. The number of aldehydes is 1. The van der Waals surface area contributed by atoms with Gasteiger partial charge in [-0.15, -0.1) is 11.3 Å². The molecule has 0 aliphatic heterocycles. The first kappa shape index (κ1) is 8.74. The van der Waals surface area contributed by atoms with E-state index in [0.29, 0.717) is 6.54 Å². The Bertz CT molecular complexity index is 248. The highest BCUT2D eigenvalue weighted by Gasteiger charge is 2.01. The fourth-order valence-electron chi connectivity index (χ4n) is 0.705. The van der Waals surface area contributed by atoms with Crippen molar-refractivity contribution in [3.05, 3.63) is 15.9 Å². The van der Waals surface area contributed by atoms with Crippen LogP contribution in [-0.4, -0.2) is 19.9 Å². The van der Waals surface area contributed by atoms with Gasteiger partial charge in [-0.3, -0.25) is 0 Å². The molecule has 0 amide bonds. The maximum Gasteiger partial charge on any atom is 0.139 e. The van der Waals surface area contributed by atoms with Crippen LogP contribution >= 0.6 is 27.3 Å². The van der Waals surface area contributed by atoms with E-state index in [9.17, 15) is 4.79 Å². The van der Waals surface area contributed by atoms with Gasteiger partial charge in [0.05, 0.1) is 11.5 Å². The summed E-state index contributed by atoms with van der Waals surface area (Å²) in [5.74, 6) is 0. The highest BCUT2D eigenvalue weighted by molar-refractivity contribution is 9.10. The predicted molar refractivity (Wildman–Crippen MR) is 51.4 cm³/mol. The summed E-state index contributed by atoms with van der Waals surface area (Å²) in [6, 6.07) is 1.99. The number of thiophene rings is 1. The van der Waals surface area contributed by atoms with Crippen LogP contribution in [0.15, 0.2) is 15.9 Å². The summed E-state index contributed by atoms with van der Waals surface area (Å²) in [5, 5.41) is 3.10. The van der Waals surface area contributed by atoms with Crippen LogP contribution in [0.25, 0.3) is 0 Å². The zero-order valence-corrected chi connectivity index (χ0v) is 8.48. The van der Waals surface area contributed by atoms with E-state index in [4.69, 9.17) is 0 Å². The molecular formula is C7H8BrNOS. The Morgan fingerprint density at radius 1 is 1.82 bits per heavy atom. The number of hydrogen-bond donors (Lipinski definition) is 0. The summed E-state index contributed by atoms with van der Waals surface area (Å²) in [6.07, 6.45) is 0.896. The summed E-state index contributed by atoms with van der Waals surface area (Å²) < 4.78 is 1.07. The third kappa shape index (κ3) is 2.31. The second-order valence-electron chi connectivity index (χ2n) is 2.15. The number of halogens is 1. The molecule has 0 bridgehead atoms. The average Bonchev–Trinajstić information content (AvgIpc) is 2.36. The maximum atomic E-state index is 10.1. The van der Waals surface area contributed by atoms with Crippen molar-refractivity contribution >= 4 is 38.6 Å². The van der Waals surface area contributed by atoms with Gasteiger partial charge in [0, 0.05) is 16.9 Å². The van der Waals surface area contributed by atoms with Crippen LogP contribution in [0.2, 0.25) is 0 Å². The van der Waals surface area contributed by atoms with Crippen molar-refractivity contribution in [2.45, 2.75) is 0 Å². The number of hydrogen-bond acceptors (Lipinski definition) is 3. The predicted octanol–water partition coefficient (Wildman–Crippen LogP) is 2.15. The minimum atomic E-state index is 0.451. The minimum absolute atomic E-state index is 0.451. The van der Waals surface area contributed by atoms with E-state index in [1.807, 2.05) is 23.4 Å². The van der Waals surface area contributed by atoms with Crippen molar-refractivity contribution in [1.82, 2.24) is 0 Å². The standard InChI is InChI=1S/C7H8BrNOS/c1-9(2-3-10)7-4-6(8)5-11-7/h3-5H,2H2,1H3. The fourth-order valence-corrected chi connectivity index (χ4v) is 2.10. The van der Waals surface area contributed by atoms with Gasteiger partial charge in [0.2, 0.25) is 0 Å². The second-order valence-corrected chi connectivity index (χ2v) is 3.96. The lowest BCUT2D eigenvalue weighted by molar-refractivity contribution is -0.106. The number of carbonyl (C=O) groups is 1. The molecule has 0 atom stereocenters. The van der Waals surface area contributed by atoms with E-state index in [1.54, 1.807) is 11.3 Å². The zero-order valence-electron chi connectivity index (χ0n) is 6.08. The third-order valence-corrected chi connectivity index (χ3v) is 3.08. The Hall–Kier alpha value is -0.350. The first-order valence-corrected chi connectivity index (χ1v) is 4.80. The molecule has 1 aromatic heterocycles. The molecule has 0 radical (unpaired) electrons. The molecule has 0 N–H and O–H groups in total. The molecule has 1 heterocycles. The Kier molecular flexibility index (Phi) is 3.08. The largest absolute Gasteiger partial charge is 0.359 e. The molecule has 0 aliphatic rings. The van der Waals surface area contributed by atoms with Crippen LogP contribution in [0.5, 0.6) is 0 Å². The maximum absolute atomic E-state index is 10.1.